The van der Waals surface area contributed by atoms with Gasteiger partial charge in [-0.3, -0.25) is 14.4 Å². The van der Waals surface area contributed by atoms with E-state index in [1.165, 1.54) is 11.0 Å². The Morgan fingerprint density at radius 1 is 0.889 bits per heavy atom. The average Bonchev–Trinajstić information content (AvgIpc) is 2.97. The summed E-state index contributed by atoms with van der Waals surface area (Å²) in [4.78, 5) is 54.6. The third-order valence-corrected chi connectivity index (χ3v) is 7.24. The minimum atomic E-state index is -1.40. The third kappa shape index (κ3) is 10.8. The van der Waals surface area contributed by atoms with Crippen molar-refractivity contribution in [3.8, 4) is 5.75 Å². The van der Waals surface area contributed by atoms with E-state index in [4.69, 9.17) is 10.5 Å². The lowest BCUT2D eigenvalue weighted by atomic mass is 10.00. The Labute approximate surface area is 265 Å². The zero-order valence-electron chi connectivity index (χ0n) is 26.7. The van der Waals surface area contributed by atoms with Gasteiger partial charge >= 0.3 is 6.09 Å². The molecule has 3 aromatic rings. The molecule has 0 spiro atoms. The number of phenolic OH excluding ortho intramolecular Hbond substituents is 1. The van der Waals surface area contributed by atoms with Crippen molar-refractivity contribution in [2.75, 3.05) is 11.9 Å². The molecule has 2 unspecified atom stereocenters. The molecule has 0 aromatic heterocycles. The number of hydrogen-bond acceptors (Lipinski definition) is 6. The molecule has 10 heteroatoms. The fourth-order valence-corrected chi connectivity index (χ4v) is 5.13. The normalized spacial score (nSPS) is 12.6. The monoisotopic (exact) mass is 618 g/mol. The zero-order chi connectivity index (χ0) is 33.0. The predicted octanol–water partition coefficient (Wildman–Crippen LogP) is 6.18. The molecule has 0 fully saturated rings. The molecule has 0 radical (unpaired) electrons. The van der Waals surface area contributed by atoms with E-state index in [0.29, 0.717) is 12.1 Å². The van der Waals surface area contributed by atoms with E-state index in [0.717, 1.165) is 42.9 Å². The molecule has 0 aliphatic carbocycles. The van der Waals surface area contributed by atoms with Crippen LogP contribution in [0.15, 0.2) is 66.7 Å². The van der Waals surface area contributed by atoms with Crippen molar-refractivity contribution in [3.63, 3.8) is 0 Å². The number of primary amides is 1. The highest BCUT2D eigenvalue weighted by Gasteiger charge is 2.38. The third-order valence-electron chi connectivity index (χ3n) is 7.24. The summed E-state index contributed by atoms with van der Waals surface area (Å²) in [5.41, 5.74) is 5.35. The number of unbranched alkanes of at least 4 members (excludes halogenated alkanes) is 5. The van der Waals surface area contributed by atoms with Crippen molar-refractivity contribution in [2.45, 2.75) is 90.3 Å². The molecule has 0 aliphatic rings. The van der Waals surface area contributed by atoms with E-state index in [2.05, 4.69) is 17.6 Å². The van der Waals surface area contributed by atoms with Gasteiger partial charge in [0.05, 0.1) is 6.42 Å². The summed E-state index contributed by atoms with van der Waals surface area (Å²) in [7, 11) is 0. The number of aromatic hydroxyl groups is 1. The number of ether oxygens (including phenoxy) is 1. The largest absolute Gasteiger partial charge is 0.508 e. The molecule has 5 N–H and O–H groups in total. The first-order chi connectivity index (χ1) is 21.4. The van der Waals surface area contributed by atoms with Gasteiger partial charge in [0.2, 0.25) is 11.8 Å². The zero-order valence-corrected chi connectivity index (χ0v) is 26.7. The highest BCUT2D eigenvalue weighted by Crippen LogP contribution is 2.32. The molecule has 0 saturated heterocycles. The molecule has 10 nitrogen and oxygen atoms in total. The van der Waals surface area contributed by atoms with Gasteiger partial charge in [-0.15, -0.1) is 0 Å². The van der Waals surface area contributed by atoms with Crippen LogP contribution in [0.25, 0.3) is 10.8 Å². The molecule has 3 aromatic carbocycles. The molecule has 0 saturated carbocycles. The minimum Gasteiger partial charge on any atom is -0.508 e. The molecule has 3 rings (SSSR count). The Morgan fingerprint density at radius 2 is 1.53 bits per heavy atom. The summed E-state index contributed by atoms with van der Waals surface area (Å²) in [5, 5.41) is 18.2. The Balaban J connectivity index is 2.02. The maximum absolute atomic E-state index is 14.3. The molecular formula is C35H46N4O6. The summed E-state index contributed by atoms with van der Waals surface area (Å²) in [5.74, 6) is -2.26. The van der Waals surface area contributed by atoms with Crippen LogP contribution in [0.5, 0.6) is 5.75 Å². The number of alkyl carbamates (subject to hydrolysis) is 1. The van der Waals surface area contributed by atoms with Gasteiger partial charge in [-0.25, -0.2) is 4.79 Å². The molecule has 0 bridgehead atoms. The SMILES string of the molecule is CCCCCCCCN(C(=O)C(CC(N)=O)NC(=O)OC(C)(C)C)C(C(=O)Nc1ccc2ccccc2c1)c1ccccc1O. The van der Waals surface area contributed by atoms with Gasteiger partial charge in [0, 0.05) is 17.8 Å². The lowest BCUT2D eigenvalue weighted by molar-refractivity contribution is -0.142. The number of nitrogens with two attached hydrogens (primary N) is 1. The summed E-state index contributed by atoms with van der Waals surface area (Å²) in [6.45, 7) is 7.28. The average molecular weight is 619 g/mol. The lowest BCUT2D eigenvalue weighted by Crippen LogP contribution is -2.53. The molecule has 4 amide bonds. The van der Waals surface area contributed by atoms with E-state index >= 15 is 0 Å². The fourth-order valence-electron chi connectivity index (χ4n) is 5.13. The van der Waals surface area contributed by atoms with Gasteiger partial charge in [-0.1, -0.05) is 87.6 Å². The number of nitrogens with zero attached hydrogens (tertiary/aromatic N) is 1. The number of phenols is 1. The number of amides is 4. The van der Waals surface area contributed by atoms with Gasteiger partial charge in [0.1, 0.15) is 23.4 Å². The number of benzene rings is 3. The second-order valence-corrected chi connectivity index (χ2v) is 12.2. The summed E-state index contributed by atoms with van der Waals surface area (Å²) >= 11 is 0. The van der Waals surface area contributed by atoms with E-state index in [9.17, 15) is 24.3 Å². The Kier molecular flexibility index (Phi) is 12.8. The van der Waals surface area contributed by atoms with Crippen LogP contribution in [0.2, 0.25) is 0 Å². The van der Waals surface area contributed by atoms with Crippen molar-refractivity contribution in [3.05, 3.63) is 72.3 Å². The fraction of sp³-hybridized carbons (Fsp3) is 0.429. The molecule has 45 heavy (non-hydrogen) atoms. The van der Waals surface area contributed by atoms with Crippen LogP contribution in [-0.2, 0) is 19.1 Å². The first kappa shape index (κ1) is 34.9. The van der Waals surface area contributed by atoms with E-state index < -0.39 is 47.9 Å². The van der Waals surface area contributed by atoms with Crippen molar-refractivity contribution in [1.82, 2.24) is 10.2 Å². The van der Waals surface area contributed by atoms with Crippen LogP contribution in [0.3, 0.4) is 0 Å². The first-order valence-electron chi connectivity index (χ1n) is 15.6. The molecular weight excluding hydrogens is 572 g/mol. The van der Waals surface area contributed by atoms with Crippen molar-refractivity contribution >= 4 is 40.3 Å². The van der Waals surface area contributed by atoms with Crippen LogP contribution in [-0.4, -0.2) is 52.0 Å². The number of nitrogens with one attached hydrogen (secondary N) is 2. The van der Waals surface area contributed by atoms with Gasteiger partial charge < -0.3 is 31.1 Å². The minimum absolute atomic E-state index is 0.125. The summed E-state index contributed by atoms with van der Waals surface area (Å²) in [6.07, 6.45) is 4.10. The number of rotatable bonds is 15. The number of hydrogen-bond donors (Lipinski definition) is 4. The van der Waals surface area contributed by atoms with E-state index in [1.54, 1.807) is 45.0 Å². The summed E-state index contributed by atoms with van der Waals surface area (Å²) in [6, 6.07) is 16.8. The van der Waals surface area contributed by atoms with Crippen LogP contribution < -0.4 is 16.4 Å². The first-order valence-corrected chi connectivity index (χ1v) is 15.6. The van der Waals surface area contributed by atoms with Gasteiger partial charge in [-0.05, 0) is 56.2 Å². The van der Waals surface area contributed by atoms with Gasteiger partial charge in [0.15, 0.2) is 0 Å². The van der Waals surface area contributed by atoms with Gasteiger partial charge in [0.25, 0.3) is 5.91 Å². The van der Waals surface area contributed by atoms with Crippen LogP contribution in [0, 0.1) is 0 Å². The highest BCUT2D eigenvalue weighted by atomic mass is 16.6. The number of para-hydroxylation sites is 1. The lowest BCUT2D eigenvalue weighted by Gasteiger charge is -2.34. The van der Waals surface area contributed by atoms with Crippen molar-refractivity contribution in [2.24, 2.45) is 5.73 Å². The highest BCUT2D eigenvalue weighted by molar-refractivity contribution is 6.01. The van der Waals surface area contributed by atoms with Crippen molar-refractivity contribution in [1.29, 1.82) is 0 Å². The maximum Gasteiger partial charge on any atom is 0.408 e. The van der Waals surface area contributed by atoms with E-state index in [-0.39, 0.29) is 17.9 Å². The molecule has 0 heterocycles. The Bertz CT molecular complexity index is 1470. The van der Waals surface area contributed by atoms with Crippen LogP contribution >= 0.6 is 0 Å². The van der Waals surface area contributed by atoms with E-state index in [1.807, 2.05) is 36.4 Å². The standard InChI is InChI=1S/C35H46N4O6/c1-5-6-7-8-9-14-21-39(33(43)28(23-30(36)41)38-34(44)45-35(2,3)4)31(27-17-12-13-18-29(27)40)32(42)37-26-20-19-24-15-10-11-16-25(24)22-26/h10-13,15-20,22,28,31,40H,5-9,14,21,23H2,1-4H3,(H2,36,41)(H,37,42)(H,38,44). The maximum atomic E-state index is 14.3. The Morgan fingerprint density at radius 3 is 2.20 bits per heavy atom. The van der Waals surface area contributed by atoms with Crippen LogP contribution in [0.1, 0.15) is 84.2 Å². The van der Waals surface area contributed by atoms with Crippen LogP contribution in [0.4, 0.5) is 10.5 Å². The second kappa shape index (κ2) is 16.5. The topological polar surface area (TPSA) is 151 Å². The smallest absolute Gasteiger partial charge is 0.408 e. The van der Waals surface area contributed by atoms with Gasteiger partial charge in [-0.2, -0.15) is 0 Å². The molecule has 242 valence electrons. The number of anilines is 1. The Hall–Kier alpha value is -4.60. The second-order valence-electron chi connectivity index (χ2n) is 12.2. The number of carbonyl (C=O) groups excluding carboxylic acids is 4. The summed E-state index contributed by atoms with van der Waals surface area (Å²) < 4.78 is 5.35. The molecule has 2 atom stereocenters. The number of carbonyl (C=O) groups is 4. The quantitative estimate of drug-likeness (QED) is 0.149. The molecule has 0 aliphatic heterocycles. The number of fused-ring (bicyclic) bond motifs is 1. The predicted molar refractivity (Wildman–Crippen MR) is 175 cm³/mol. The van der Waals surface area contributed by atoms with Crippen molar-refractivity contribution < 1.29 is 29.0 Å².